The Morgan fingerprint density at radius 3 is 2.61 bits per heavy atom. The van der Waals surface area contributed by atoms with Gasteiger partial charge in [-0.1, -0.05) is 6.07 Å². The first-order chi connectivity index (χ1) is 15.9. The van der Waals surface area contributed by atoms with E-state index in [-0.39, 0.29) is 24.0 Å². The summed E-state index contributed by atoms with van der Waals surface area (Å²) in [6, 6.07) is 7.72. The van der Waals surface area contributed by atoms with Gasteiger partial charge in [0, 0.05) is 18.7 Å². The van der Waals surface area contributed by atoms with Crippen LogP contribution in [0.3, 0.4) is 0 Å². The lowest BCUT2D eigenvalue weighted by atomic mass is 9.83. The SMILES string of the molecule is Cc1cc(OCc2c(F)cccc2F)c2nc(C)c(C(=O)NCC3CCC(C#N)CC3)n2c1. The smallest absolute Gasteiger partial charge is 0.270 e. The predicted octanol–water partition coefficient (Wildman–Crippen LogP) is 4.87. The minimum atomic E-state index is -0.679. The number of hydrogen-bond acceptors (Lipinski definition) is 4. The molecule has 1 amide bonds. The zero-order valence-corrected chi connectivity index (χ0v) is 18.7. The van der Waals surface area contributed by atoms with Crippen LogP contribution in [-0.4, -0.2) is 21.8 Å². The molecule has 3 aromatic rings. The van der Waals surface area contributed by atoms with Crippen molar-refractivity contribution < 1.29 is 18.3 Å². The van der Waals surface area contributed by atoms with Crippen molar-refractivity contribution >= 4 is 11.6 Å². The lowest BCUT2D eigenvalue weighted by Crippen LogP contribution is -2.32. The molecular formula is C25H26F2N4O2. The van der Waals surface area contributed by atoms with Gasteiger partial charge in [-0.3, -0.25) is 9.20 Å². The molecule has 0 aliphatic heterocycles. The number of nitriles is 1. The van der Waals surface area contributed by atoms with Crippen LogP contribution >= 0.6 is 0 Å². The van der Waals surface area contributed by atoms with Crippen LogP contribution < -0.4 is 10.1 Å². The van der Waals surface area contributed by atoms with Gasteiger partial charge in [0.25, 0.3) is 5.91 Å². The van der Waals surface area contributed by atoms with Crippen molar-refractivity contribution in [2.45, 2.75) is 46.1 Å². The zero-order chi connectivity index (χ0) is 23.5. The number of hydrogen-bond donors (Lipinski definition) is 1. The fourth-order valence-corrected chi connectivity index (χ4v) is 4.37. The van der Waals surface area contributed by atoms with Crippen LogP contribution in [0.2, 0.25) is 0 Å². The summed E-state index contributed by atoms with van der Waals surface area (Å²) in [5.41, 5.74) is 2.00. The maximum absolute atomic E-state index is 14.0. The van der Waals surface area contributed by atoms with E-state index in [0.29, 0.717) is 35.2 Å². The van der Waals surface area contributed by atoms with E-state index in [0.717, 1.165) is 31.2 Å². The van der Waals surface area contributed by atoms with Crippen molar-refractivity contribution in [3.8, 4) is 11.8 Å². The number of amides is 1. The van der Waals surface area contributed by atoms with E-state index in [1.165, 1.54) is 18.2 Å². The Bertz CT molecular complexity index is 1200. The van der Waals surface area contributed by atoms with Gasteiger partial charge in [0.1, 0.15) is 23.9 Å². The summed E-state index contributed by atoms with van der Waals surface area (Å²) in [6.07, 6.45) is 5.38. The highest BCUT2D eigenvalue weighted by molar-refractivity contribution is 5.95. The molecule has 0 atom stereocenters. The number of rotatable bonds is 6. The number of ether oxygens (including phenoxy) is 1. The molecule has 172 valence electrons. The summed E-state index contributed by atoms with van der Waals surface area (Å²) in [6.45, 7) is 3.85. The maximum atomic E-state index is 14.0. The molecule has 33 heavy (non-hydrogen) atoms. The summed E-state index contributed by atoms with van der Waals surface area (Å²) in [4.78, 5) is 17.5. The number of imidazole rings is 1. The lowest BCUT2D eigenvalue weighted by molar-refractivity contribution is 0.0936. The molecule has 1 aromatic carbocycles. The van der Waals surface area contributed by atoms with Crippen LogP contribution in [0.1, 0.15) is 53.0 Å². The van der Waals surface area contributed by atoms with E-state index < -0.39 is 11.6 Å². The molecule has 0 unspecified atom stereocenters. The van der Waals surface area contributed by atoms with E-state index in [2.05, 4.69) is 16.4 Å². The first-order valence-electron chi connectivity index (χ1n) is 11.1. The Morgan fingerprint density at radius 1 is 1.24 bits per heavy atom. The number of aromatic nitrogens is 2. The number of nitrogens with one attached hydrogen (secondary N) is 1. The monoisotopic (exact) mass is 452 g/mol. The standard InChI is InChI=1S/C25H26F2N4O2/c1-15-10-22(33-14-19-20(26)4-3-5-21(19)27)24-30-16(2)23(31(24)13-15)25(32)29-12-18-8-6-17(11-28)7-9-18/h3-5,10,13,17-18H,6-9,12,14H2,1-2H3,(H,29,32). The largest absolute Gasteiger partial charge is 0.485 e. The Morgan fingerprint density at radius 2 is 1.94 bits per heavy atom. The van der Waals surface area contributed by atoms with Crippen molar-refractivity contribution in [2.24, 2.45) is 11.8 Å². The van der Waals surface area contributed by atoms with Gasteiger partial charge in [-0.05, 0) is 69.2 Å². The highest BCUT2D eigenvalue weighted by atomic mass is 19.1. The molecule has 2 heterocycles. The minimum Gasteiger partial charge on any atom is -0.485 e. The van der Waals surface area contributed by atoms with Crippen molar-refractivity contribution in [3.05, 3.63) is 64.6 Å². The number of benzene rings is 1. The molecule has 8 heteroatoms. The maximum Gasteiger partial charge on any atom is 0.270 e. The normalized spacial score (nSPS) is 18.2. The van der Waals surface area contributed by atoms with Crippen molar-refractivity contribution in [1.29, 1.82) is 5.26 Å². The molecule has 0 spiro atoms. The van der Waals surface area contributed by atoms with Gasteiger partial charge >= 0.3 is 0 Å². The van der Waals surface area contributed by atoms with E-state index in [9.17, 15) is 13.6 Å². The summed E-state index contributed by atoms with van der Waals surface area (Å²) in [7, 11) is 0. The summed E-state index contributed by atoms with van der Waals surface area (Å²) in [5, 5.41) is 12.1. The van der Waals surface area contributed by atoms with Gasteiger partial charge in [0.05, 0.1) is 17.3 Å². The van der Waals surface area contributed by atoms with Gasteiger partial charge < -0.3 is 10.1 Å². The third-order valence-corrected chi connectivity index (χ3v) is 6.23. The quantitative estimate of drug-likeness (QED) is 0.579. The third kappa shape index (κ3) is 4.82. The fourth-order valence-electron chi connectivity index (χ4n) is 4.37. The second kappa shape index (κ2) is 9.57. The number of fused-ring (bicyclic) bond motifs is 1. The van der Waals surface area contributed by atoms with Crippen LogP contribution in [-0.2, 0) is 6.61 Å². The summed E-state index contributed by atoms with van der Waals surface area (Å²) < 4.78 is 35.4. The number of halogens is 2. The number of pyridine rings is 1. The zero-order valence-electron chi connectivity index (χ0n) is 18.7. The predicted molar refractivity (Wildman–Crippen MR) is 119 cm³/mol. The first-order valence-corrected chi connectivity index (χ1v) is 11.1. The molecule has 2 aromatic heterocycles. The van der Waals surface area contributed by atoms with Gasteiger partial charge in [-0.25, -0.2) is 13.8 Å². The van der Waals surface area contributed by atoms with Gasteiger partial charge in [-0.15, -0.1) is 0 Å². The average molecular weight is 453 g/mol. The Labute approximate surface area is 191 Å². The van der Waals surface area contributed by atoms with Crippen LogP contribution in [0.4, 0.5) is 8.78 Å². The van der Waals surface area contributed by atoms with Crippen LogP contribution in [0.5, 0.6) is 5.75 Å². The van der Waals surface area contributed by atoms with Gasteiger partial charge in [0.15, 0.2) is 11.4 Å². The summed E-state index contributed by atoms with van der Waals surface area (Å²) >= 11 is 0. The molecule has 0 radical (unpaired) electrons. The Kier molecular flexibility index (Phi) is 6.59. The minimum absolute atomic E-state index is 0.122. The molecule has 1 aliphatic rings. The number of carbonyl (C=O) groups is 1. The molecule has 1 saturated carbocycles. The molecular weight excluding hydrogens is 426 g/mol. The van der Waals surface area contributed by atoms with Gasteiger partial charge in [0.2, 0.25) is 0 Å². The number of aryl methyl sites for hydroxylation is 2. The van der Waals surface area contributed by atoms with Crippen molar-refractivity contribution in [2.75, 3.05) is 6.54 Å². The second-order valence-electron chi connectivity index (χ2n) is 8.67. The van der Waals surface area contributed by atoms with Crippen molar-refractivity contribution in [3.63, 3.8) is 0 Å². The topological polar surface area (TPSA) is 79.4 Å². The lowest BCUT2D eigenvalue weighted by Gasteiger charge is -2.24. The molecule has 1 N–H and O–H groups in total. The van der Waals surface area contributed by atoms with Crippen LogP contribution in [0.25, 0.3) is 5.65 Å². The van der Waals surface area contributed by atoms with E-state index >= 15 is 0 Å². The highest BCUT2D eigenvalue weighted by Crippen LogP contribution is 2.28. The number of carbonyl (C=O) groups excluding carboxylic acids is 1. The van der Waals surface area contributed by atoms with Gasteiger partial charge in [-0.2, -0.15) is 5.26 Å². The Hall–Kier alpha value is -3.47. The summed E-state index contributed by atoms with van der Waals surface area (Å²) in [5.74, 6) is -0.774. The second-order valence-corrected chi connectivity index (χ2v) is 8.67. The van der Waals surface area contributed by atoms with Crippen LogP contribution in [0, 0.1) is 48.6 Å². The number of nitrogens with zero attached hydrogens (tertiary/aromatic N) is 3. The molecule has 1 aliphatic carbocycles. The highest BCUT2D eigenvalue weighted by Gasteiger charge is 2.24. The molecule has 0 bridgehead atoms. The molecule has 6 nitrogen and oxygen atoms in total. The third-order valence-electron chi connectivity index (χ3n) is 6.23. The fraction of sp³-hybridized carbons (Fsp3) is 0.400. The van der Waals surface area contributed by atoms with Crippen LogP contribution in [0.15, 0.2) is 30.5 Å². The van der Waals surface area contributed by atoms with E-state index in [1.54, 1.807) is 23.6 Å². The first kappa shape index (κ1) is 22.7. The average Bonchev–Trinajstić information content (AvgIpc) is 3.13. The van der Waals surface area contributed by atoms with E-state index in [4.69, 9.17) is 10.00 Å². The molecule has 4 rings (SSSR count). The molecule has 1 fully saturated rings. The van der Waals surface area contributed by atoms with E-state index in [1.807, 2.05) is 6.92 Å². The Balaban J connectivity index is 1.53. The van der Waals surface area contributed by atoms with Crippen molar-refractivity contribution in [1.82, 2.24) is 14.7 Å². The molecule has 0 saturated heterocycles.